The van der Waals surface area contributed by atoms with Gasteiger partial charge < -0.3 is 19.1 Å². The fraction of sp³-hybridized carbons (Fsp3) is 0.649. The van der Waals surface area contributed by atoms with Gasteiger partial charge in [-0.2, -0.15) is 0 Å². The molecule has 0 bridgehead atoms. The maximum atomic E-state index is 16.6. The Labute approximate surface area is 277 Å². The Morgan fingerprint density at radius 2 is 1.74 bits per heavy atom. The van der Waals surface area contributed by atoms with Gasteiger partial charge in [-0.25, -0.2) is 4.39 Å². The molecule has 9 nitrogen and oxygen atoms in total. The normalized spacial score (nSPS) is 24.1. The fourth-order valence-corrected chi connectivity index (χ4v) is 8.32. The minimum Gasteiger partial charge on any atom is -0.511 e. The molecule has 2 heterocycles. The molecular weight excluding hydrogens is 601 g/mol. The van der Waals surface area contributed by atoms with E-state index in [1.165, 1.54) is 0 Å². The van der Waals surface area contributed by atoms with E-state index in [-0.39, 0.29) is 57.8 Å². The van der Waals surface area contributed by atoms with E-state index < -0.39 is 23.5 Å². The van der Waals surface area contributed by atoms with Crippen molar-refractivity contribution >= 4 is 11.6 Å². The smallest absolute Gasteiger partial charge is 0.265 e. The molecule has 47 heavy (non-hydrogen) atoms. The van der Waals surface area contributed by atoms with E-state index in [1.807, 2.05) is 25.9 Å². The van der Waals surface area contributed by atoms with Crippen molar-refractivity contribution in [2.45, 2.75) is 92.2 Å². The molecule has 2 aromatic rings. The third kappa shape index (κ3) is 5.90. The highest BCUT2D eigenvalue weighted by molar-refractivity contribution is 6.15. The number of carbonyl (C=O) groups excluding carboxylic acids is 2. The van der Waals surface area contributed by atoms with Gasteiger partial charge in [-0.05, 0) is 74.2 Å². The third-order valence-electron chi connectivity index (χ3n) is 10.3. The van der Waals surface area contributed by atoms with Gasteiger partial charge in [-0.1, -0.05) is 47.5 Å². The maximum absolute atomic E-state index is 16.6. The molecule has 1 aromatic heterocycles. The second-order valence-corrected chi connectivity index (χ2v) is 15.3. The Hall–Kier alpha value is -3.24. The lowest BCUT2D eigenvalue weighted by Crippen LogP contribution is -2.47. The zero-order valence-electron chi connectivity index (χ0n) is 29.0. The number of benzene rings is 1. The highest BCUT2D eigenvalue weighted by atomic mass is 19.1. The predicted molar refractivity (Wildman–Crippen MR) is 176 cm³/mol. The molecular formula is C37H50FN3O6. The Morgan fingerprint density at radius 1 is 1.04 bits per heavy atom. The first-order chi connectivity index (χ1) is 22.4. The number of ether oxygens (including phenoxy) is 2. The molecule has 1 N–H and O–H groups in total. The molecule has 3 aliphatic carbocycles. The van der Waals surface area contributed by atoms with Gasteiger partial charge in [0.2, 0.25) is 0 Å². The van der Waals surface area contributed by atoms with Crippen molar-refractivity contribution in [3.8, 4) is 11.6 Å². The summed E-state index contributed by atoms with van der Waals surface area (Å²) >= 11 is 0. The van der Waals surface area contributed by atoms with Crippen molar-refractivity contribution in [1.82, 2.24) is 15.0 Å². The van der Waals surface area contributed by atoms with Crippen molar-refractivity contribution in [3.05, 3.63) is 50.7 Å². The van der Waals surface area contributed by atoms with Crippen LogP contribution in [-0.2, 0) is 19.4 Å². The quantitative estimate of drug-likeness (QED) is 0.275. The van der Waals surface area contributed by atoms with Gasteiger partial charge in [0.15, 0.2) is 17.3 Å². The fourth-order valence-electron chi connectivity index (χ4n) is 8.32. The predicted octanol–water partition coefficient (Wildman–Crippen LogP) is 6.88. The first-order valence-electron chi connectivity index (χ1n) is 17.4. The zero-order valence-corrected chi connectivity index (χ0v) is 29.0. The van der Waals surface area contributed by atoms with E-state index in [0.717, 1.165) is 44.3 Å². The molecule has 4 atom stereocenters. The van der Waals surface area contributed by atoms with Gasteiger partial charge in [-0.3, -0.25) is 19.4 Å². The van der Waals surface area contributed by atoms with Gasteiger partial charge in [0, 0.05) is 36.3 Å². The lowest BCUT2D eigenvalue weighted by Gasteiger charge is -2.45. The number of hydrogen-bond donors (Lipinski definition) is 1. The van der Waals surface area contributed by atoms with Gasteiger partial charge in [0.25, 0.3) is 5.88 Å². The van der Waals surface area contributed by atoms with E-state index >= 15 is 4.39 Å². The number of aromatic nitrogens is 1. The number of fused-ring (bicyclic) bond motifs is 5. The second kappa shape index (κ2) is 13.0. The third-order valence-corrected chi connectivity index (χ3v) is 10.3. The Bertz CT molecular complexity index is 1590. The van der Waals surface area contributed by atoms with E-state index in [9.17, 15) is 14.7 Å². The van der Waals surface area contributed by atoms with Gasteiger partial charge in [0.05, 0.1) is 30.7 Å². The number of carbonyl (C=O) groups is 2. The van der Waals surface area contributed by atoms with Crippen LogP contribution in [0.5, 0.6) is 11.6 Å². The van der Waals surface area contributed by atoms with Crippen LogP contribution in [0, 0.1) is 29.0 Å². The minimum absolute atomic E-state index is 0.0496. The maximum Gasteiger partial charge on any atom is 0.265 e. The molecule has 1 aromatic carbocycles. The lowest BCUT2D eigenvalue weighted by atomic mass is 9.60. The Balaban J connectivity index is 1.45. The molecule has 0 fully saturated rings. The molecule has 4 aliphatic rings. The molecule has 0 saturated heterocycles. The van der Waals surface area contributed by atoms with Crippen LogP contribution in [0.2, 0.25) is 0 Å². The van der Waals surface area contributed by atoms with Crippen LogP contribution in [0.15, 0.2) is 15.9 Å². The number of nitrogens with zero attached hydrogens (tertiary/aromatic N) is 3. The van der Waals surface area contributed by atoms with Gasteiger partial charge >= 0.3 is 0 Å². The summed E-state index contributed by atoms with van der Waals surface area (Å²) in [5.74, 6) is -2.15. The SMILES string of the molecule is CCCCOc1noc2c1C(=O)C1C(O)=C3C(=O)c4c(c(F)c5c(c4OCCCC)CN(CC(C)(C)C)CC5)C[C@H]3CC1[C@@H]2N(C)C. The molecule has 6 rings (SSSR count). The van der Waals surface area contributed by atoms with Crippen LogP contribution >= 0.6 is 0 Å². The number of ketones is 2. The first kappa shape index (κ1) is 33.7. The summed E-state index contributed by atoms with van der Waals surface area (Å²) in [4.78, 5) is 33.1. The standard InChI is InChI=1S/C37H50FN3O6/c1-8-10-14-45-34-24-18-41(19-37(3,4)5)13-12-21(24)29(38)22-16-20-17-23-26(31(42)25(20)32(43)27(22)34)33(44)28-35(30(23)40(6)7)47-39-36(28)46-15-11-9-2/h20,23,26,30,42H,8-19H2,1-7H3/t20-,23?,26?,30-/m0/s1. The average molecular weight is 652 g/mol. The molecule has 256 valence electrons. The molecule has 0 amide bonds. The summed E-state index contributed by atoms with van der Waals surface area (Å²) in [7, 11) is 3.79. The summed E-state index contributed by atoms with van der Waals surface area (Å²) in [6, 6.07) is -0.390. The average Bonchev–Trinajstić information content (AvgIpc) is 3.41. The topological polar surface area (TPSA) is 105 Å². The molecule has 2 unspecified atom stereocenters. The van der Waals surface area contributed by atoms with Crippen LogP contribution in [0.3, 0.4) is 0 Å². The van der Waals surface area contributed by atoms with Crippen LogP contribution in [0.4, 0.5) is 4.39 Å². The van der Waals surface area contributed by atoms with E-state index in [1.54, 1.807) is 0 Å². The molecule has 10 heteroatoms. The second-order valence-electron chi connectivity index (χ2n) is 15.3. The van der Waals surface area contributed by atoms with Crippen molar-refractivity contribution in [2.24, 2.45) is 23.2 Å². The first-order valence-corrected chi connectivity index (χ1v) is 17.4. The molecule has 0 saturated carbocycles. The number of aliphatic hydroxyl groups is 1. The van der Waals surface area contributed by atoms with Crippen LogP contribution in [0.25, 0.3) is 0 Å². The summed E-state index contributed by atoms with van der Waals surface area (Å²) < 4.78 is 34.7. The Morgan fingerprint density at radius 3 is 2.40 bits per heavy atom. The zero-order chi connectivity index (χ0) is 33.8. The van der Waals surface area contributed by atoms with E-state index in [4.69, 9.17) is 14.0 Å². The highest BCUT2D eigenvalue weighted by Crippen LogP contribution is 2.55. The number of aliphatic hydroxyl groups excluding tert-OH is 1. The number of allylic oxidation sites excluding steroid dienone is 2. The van der Waals surface area contributed by atoms with Gasteiger partial charge in [0.1, 0.15) is 22.9 Å². The number of unbranched alkanes of at least 4 members (excludes halogenated alkanes) is 2. The largest absolute Gasteiger partial charge is 0.511 e. The van der Waals surface area contributed by atoms with Crippen molar-refractivity contribution in [3.63, 3.8) is 0 Å². The summed E-state index contributed by atoms with van der Waals surface area (Å²) in [5.41, 5.74) is 2.46. The lowest BCUT2D eigenvalue weighted by molar-refractivity contribution is 0.0526. The summed E-state index contributed by atoms with van der Waals surface area (Å²) in [6.07, 6.45) is 4.63. The summed E-state index contributed by atoms with van der Waals surface area (Å²) in [6.45, 7) is 13.5. The van der Waals surface area contributed by atoms with Crippen molar-refractivity contribution in [2.75, 3.05) is 40.4 Å². The molecule has 0 radical (unpaired) electrons. The van der Waals surface area contributed by atoms with Crippen LogP contribution < -0.4 is 9.47 Å². The van der Waals surface area contributed by atoms with Crippen molar-refractivity contribution in [1.29, 1.82) is 0 Å². The minimum atomic E-state index is -0.964. The number of rotatable bonds is 10. The number of Topliss-reactive ketones (excluding diaryl/α,β-unsaturated/α-hetero) is 2. The van der Waals surface area contributed by atoms with E-state index in [2.05, 4.69) is 37.8 Å². The summed E-state index contributed by atoms with van der Waals surface area (Å²) in [5, 5.41) is 16.1. The molecule has 0 spiro atoms. The molecule has 1 aliphatic heterocycles. The number of halogens is 1. The van der Waals surface area contributed by atoms with Crippen LogP contribution in [-0.4, -0.2) is 72.0 Å². The Kier molecular flexibility index (Phi) is 9.30. The highest BCUT2D eigenvalue weighted by Gasteiger charge is 2.55. The van der Waals surface area contributed by atoms with Crippen LogP contribution in [0.1, 0.15) is 116 Å². The van der Waals surface area contributed by atoms with Crippen molar-refractivity contribution < 1.29 is 33.1 Å². The van der Waals surface area contributed by atoms with Gasteiger partial charge in [-0.15, -0.1) is 0 Å². The van der Waals surface area contributed by atoms with E-state index in [0.29, 0.717) is 55.2 Å². The number of hydrogen-bond acceptors (Lipinski definition) is 9. The monoisotopic (exact) mass is 651 g/mol.